The number of hydrogen-bond acceptors (Lipinski definition) is 4. The first-order chi connectivity index (χ1) is 9.90. The maximum absolute atomic E-state index is 13.4. The molecule has 2 rings (SSSR count). The van der Waals surface area contributed by atoms with Gasteiger partial charge < -0.3 is 0 Å². The molecule has 0 fully saturated rings. The summed E-state index contributed by atoms with van der Waals surface area (Å²) in [4.78, 5) is 26.0. The molecule has 0 spiro atoms. The van der Waals surface area contributed by atoms with Crippen LogP contribution in [-0.2, 0) is 13.0 Å². The normalized spacial score (nSPS) is 10.6. The molecule has 0 aliphatic heterocycles. The number of benzene rings is 1. The minimum absolute atomic E-state index is 0.00915. The highest BCUT2D eigenvalue weighted by Gasteiger charge is 2.12. The molecule has 0 N–H and O–H groups in total. The minimum Gasteiger partial charge on any atom is -0.292 e. The summed E-state index contributed by atoms with van der Waals surface area (Å²) < 4.78 is 14.7. The highest BCUT2D eigenvalue weighted by molar-refractivity contribution is 6.29. The zero-order chi connectivity index (χ0) is 15.6. The van der Waals surface area contributed by atoms with E-state index in [1.165, 1.54) is 10.6 Å². The molecule has 0 radical (unpaired) electrons. The fraction of sp³-hybridized carbons (Fsp3) is 0.231. The number of nitro benzene ring substituents is 1. The van der Waals surface area contributed by atoms with Crippen molar-refractivity contribution in [1.29, 1.82) is 0 Å². The fourth-order valence-corrected chi connectivity index (χ4v) is 2.17. The van der Waals surface area contributed by atoms with Crippen molar-refractivity contribution >= 4 is 17.3 Å². The third-order valence-corrected chi connectivity index (χ3v) is 3.06. The summed E-state index contributed by atoms with van der Waals surface area (Å²) in [5.74, 6) is -0.299. The molecule has 0 saturated carbocycles. The van der Waals surface area contributed by atoms with Crippen LogP contribution < -0.4 is 5.56 Å². The standard InChI is InChI=1S/C13H11ClFN3O3/c1-2-12-16-11(14)6-13(19)17(12)7-8-3-9(15)5-10(4-8)18(20)21/h3-6H,2,7H2,1H3. The zero-order valence-electron chi connectivity index (χ0n) is 11.0. The molecule has 1 heterocycles. The van der Waals surface area contributed by atoms with Gasteiger partial charge in [0, 0.05) is 18.6 Å². The van der Waals surface area contributed by atoms with Crippen LogP contribution in [0.5, 0.6) is 0 Å². The van der Waals surface area contributed by atoms with E-state index in [0.29, 0.717) is 17.8 Å². The van der Waals surface area contributed by atoms with Crippen LogP contribution in [-0.4, -0.2) is 14.5 Å². The van der Waals surface area contributed by atoms with Gasteiger partial charge in [-0.15, -0.1) is 0 Å². The molecule has 0 unspecified atom stereocenters. The van der Waals surface area contributed by atoms with E-state index in [1.54, 1.807) is 6.92 Å². The van der Waals surface area contributed by atoms with Gasteiger partial charge in [0.05, 0.1) is 17.5 Å². The Labute approximate surface area is 124 Å². The van der Waals surface area contributed by atoms with Crippen molar-refractivity contribution in [3.63, 3.8) is 0 Å². The monoisotopic (exact) mass is 311 g/mol. The van der Waals surface area contributed by atoms with E-state index >= 15 is 0 Å². The average molecular weight is 312 g/mol. The Kier molecular flexibility index (Phi) is 4.32. The molecule has 0 bridgehead atoms. The summed E-state index contributed by atoms with van der Waals surface area (Å²) in [6.45, 7) is 1.79. The van der Waals surface area contributed by atoms with E-state index in [1.807, 2.05) is 0 Å². The fourth-order valence-electron chi connectivity index (χ4n) is 1.97. The van der Waals surface area contributed by atoms with Crippen molar-refractivity contribution in [1.82, 2.24) is 9.55 Å². The highest BCUT2D eigenvalue weighted by atomic mass is 35.5. The smallest absolute Gasteiger partial charge is 0.272 e. The third kappa shape index (κ3) is 3.43. The number of rotatable bonds is 4. The Morgan fingerprint density at radius 2 is 2.10 bits per heavy atom. The summed E-state index contributed by atoms with van der Waals surface area (Å²) in [5, 5.41) is 10.8. The summed E-state index contributed by atoms with van der Waals surface area (Å²) in [6, 6.07) is 4.35. The van der Waals surface area contributed by atoms with Crippen LogP contribution in [0, 0.1) is 15.9 Å². The first-order valence-corrected chi connectivity index (χ1v) is 6.48. The Balaban J connectivity index is 2.48. The summed E-state index contributed by atoms with van der Waals surface area (Å²) >= 11 is 5.72. The van der Waals surface area contributed by atoms with E-state index in [9.17, 15) is 19.3 Å². The van der Waals surface area contributed by atoms with Crippen LogP contribution in [0.25, 0.3) is 0 Å². The van der Waals surface area contributed by atoms with Gasteiger partial charge in [0.2, 0.25) is 0 Å². The van der Waals surface area contributed by atoms with Crippen LogP contribution >= 0.6 is 11.6 Å². The van der Waals surface area contributed by atoms with Gasteiger partial charge in [0.1, 0.15) is 16.8 Å². The predicted octanol–water partition coefficient (Wildman–Crippen LogP) is 2.55. The summed E-state index contributed by atoms with van der Waals surface area (Å²) in [7, 11) is 0. The van der Waals surface area contributed by atoms with Crippen molar-refractivity contribution in [2.45, 2.75) is 19.9 Å². The summed E-state index contributed by atoms with van der Waals surface area (Å²) in [5.41, 5.74) is -0.445. The first-order valence-electron chi connectivity index (χ1n) is 6.11. The first kappa shape index (κ1) is 15.1. The average Bonchev–Trinajstić information content (AvgIpc) is 2.40. The maximum atomic E-state index is 13.4. The molecule has 0 aliphatic carbocycles. The molecule has 110 valence electrons. The molecular weight excluding hydrogens is 301 g/mol. The van der Waals surface area contributed by atoms with Gasteiger partial charge in [0.25, 0.3) is 11.2 Å². The van der Waals surface area contributed by atoms with Crippen LogP contribution in [0.15, 0.2) is 29.1 Å². The van der Waals surface area contributed by atoms with Gasteiger partial charge in [-0.1, -0.05) is 18.5 Å². The molecule has 6 nitrogen and oxygen atoms in total. The zero-order valence-corrected chi connectivity index (χ0v) is 11.8. The van der Waals surface area contributed by atoms with Crippen molar-refractivity contribution in [2.24, 2.45) is 0 Å². The lowest BCUT2D eigenvalue weighted by Gasteiger charge is -2.11. The van der Waals surface area contributed by atoms with E-state index in [0.717, 1.165) is 18.2 Å². The largest absolute Gasteiger partial charge is 0.292 e. The van der Waals surface area contributed by atoms with Crippen molar-refractivity contribution in [3.05, 3.63) is 67.1 Å². The number of nitro groups is 1. The van der Waals surface area contributed by atoms with E-state index in [4.69, 9.17) is 11.6 Å². The molecule has 1 aromatic carbocycles. The minimum atomic E-state index is -0.729. The maximum Gasteiger partial charge on any atom is 0.272 e. The highest BCUT2D eigenvalue weighted by Crippen LogP contribution is 2.17. The van der Waals surface area contributed by atoms with Crippen LogP contribution in [0.4, 0.5) is 10.1 Å². The van der Waals surface area contributed by atoms with Gasteiger partial charge in [-0.25, -0.2) is 9.37 Å². The Morgan fingerprint density at radius 1 is 1.38 bits per heavy atom. The van der Waals surface area contributed by atoms with Crippen LogP contribution in [0.1, 0.15) is 18.3 Å². The number of nitrogens with zero attached hydrogens (tertiary/aromatic N) is 3. The van der Waals surface area contributed by atoms with Gasteiger partial charge >= 0.3 is 0 Å². The molecule has 0 atom stereocenters. The molecule has 8 heteroatoms. The van der Waals surface area contributed by atoms with Crippen LogP contribution in [0.3, 0.4) is 0 Å². The van der Waals surface area contributed by atoms with E-state index in [2.05, 4.69) is 4.98 Å². The third-order valence-electron chi connectivity index (χ3n) is 2.87. The molecular formula is C13H11ClFN3O3. The number of aryl methyl sites for hydroxylation is 1. The van der Waals surface area contributed by atoms with Crippen molar-refractivity contribution in [3.8, 4) is 0 Å². The van der Waals surface area contributed by atoms with Gasteiger partial charge in [-0.2, -0.15) is 0 Å². The lowest BCUT2D eigenvalue weighted by molar-refractivity contribution is -0.385. The predicted molar refractivity (Wildman–Crippen MR) is 75.0 cm³/mol. The molecule has 0 amide bonds. The number of halogens is 2. The Morgan fingerprint density at radius 3 is 2.71 bits per heavy atom. The van der Waals surface area contributed by atoms with Crippen LogP contribution in [0.2, 0.25) is 5.15 Å². The second kappa shape index (κ2) is 6.01. The number of aromatic nitrogens is 2. The quantitative estimate of drug-likeness (QED) is 0.494. The number of hydrogen-bond donors (Lipinski definition) is 0. The molecule has 0 aliphatic rings. The SMILES string of the molecule is CCc1nc(Cl)cc(=O)n1Cc1cc(F)cc([N+](=O)[O-])c1. The van der Waals surface area contributed by atoms with Gasteiger partial charge in [0.15, 0.2) is 0 Å². The van der Waals surface area contributed by atoms with Gasteiger partial charge in [-0.3, -0.25) is 19.5 Å². The Hall–Kier alpha value is -2.28. The second-order valence-electron chi connectivity index (χ2n) is 4.35. The molecule has 21 heavy (non-hydrogen) atoms. The van der Waals surface area contributed by atoms with Crippen molar-refractivity contribution < 1.29 is 9.31 Å². The lowest BCUT2D eigenvalue weighted by Crippen LogP contribution is -2.24. The number of non-ortho nitro benzene ring substituents is 1. The van der Waals surface area contributed by atoms with E-state index in [-0.39, 0.29) is 17.4 Å². The molecule has 2 aromatic rings. The summed E-state index contributed by atoms with van der Waals surface area (Å²) in [6.07, 6.45) is 0.452. The van der Waals surface area contributed by atoms with Gasteiger partial charge in [-0.05, 0) is 11.6 Å². The van der Waals surface area contributed by atoms with Crippen molar-refractivity contribution in [2.75, 3.05) is 0 Å². The second-order valence-corrected chi connectivity index (χ2v) is 4.74. The topological polar surface area (TPSA) is 78.0 Å². The molecule has 0 saturated heterocycles. The molecule has 1 aromatic heterocycles. The van der Waals surface area contributed by atoms with E-state index < -0.39 is 16.3 Å². The lowest BCUT2D eigenvalue weighted by atomic mass is 10.2. The Bertz CT molecular complexity index is 761.